The zero-order valence-corrected chi connectivity index (χ0v) is 7.41. The molecule has 0 radical (unpaired) electrons. The van der Waals surface area contributed by atoms with E-state index in [1.54, 1.807) is 0 Å². The van der Waals surface area contributed by atoms with Crippen molar-refractivity contribution < 1.29 is 32.8 Å². The molecule has 0 fully saturated rings. The van der Waals surface area contributed by atoms with Gasteiger partial charge in [0.25, 0.3) is 10.1 Å². The van der Waals surface area contributed by atoms with E-state index in [1.165, 1.54) is 0 Å². The number of hydrogen-bond donors (Lipinski definition) is 3. The minimum Gasteiger partial charge on any atom is -0.481 e. The third-order valence-electron chi connectivity index (χ3n) is 1.51. The molecule has 0 saturated carbocycles. The fourth-order valence-corrected chi connectivity index (χ4v) is 1.09. The monoisotopic (exact) mass is 212 g/mol. The first-order chi connectivity index (χ1) is 5.61. The molecule has 1 unspecified atom stereocenters. The molecule has 0 saturated heterocycles. The van der Waals surface area contributed by atoms with Gasteiger partial charge in [-0.1, -0.05) is 0 Å². The molecule has 3 N–H and O–H groups in total. The number of aliphatic carboxylic acids is 2. The van der Waals surface area contributed by atoms with Crippen molar-refractivity contribution in [2.24, 2.45) is 0 Å². The lowest BCUT2D eigenvalue weighted by Gasteiger charge is -2.18. The predicted molar refractivity (Wildman–Crippen MR) is 39.8 cm³/mol. The highest BCUT2D eigenvalue weighted by atomic mass is 32.2. The van der Waals surface area contributed by atoms with Gasteiger partial charge in [0.2, 0.25) is 4.75 Å². The van der Waals surface area contributed by atoms with E-state index < -0.39 is 33.2 Å². The van der Waals surface area contributed by atoms with Gasteiger partial charge >= 0.3 is 11.9 Å². The van der Waals surface area contributed by atoms with Crippen LogP contribution in [-0.4, -0.2) is 39.9 Å². The van der Waals surface area contributed by atoms with E-state index in [0.717, 1.165) is 0 Å². The molecular formula is C5H8O7S. The second kappa shape index (κ2) is 3.30. The lowest BCUT2D eigenvalue weighted by molar-refractivity contribution is -0.146. The Morgan fingerprint density at radius 2 is 1.69 bits per heavy atom. The smallest absolute Gasteiger partial charge is 0.327 e. The van der Waals surface area contributed by atoms with Crippen LogP contribution in [-0.2, 0) is 19.7 Å². The standard InChI is InChI=1S/C5H8O7S/c1-5(4(8)9,2-3(6)7)13(10,11)12/h2H2,1H3,(H,6,7)(H,8,9)(H,10,11,12). The van der Waals surface area contributed by atoms with Crippen molar-refractivity contribution in [1.82, 2.24) is 0 Å². The molecule has 0 aromatic heterocycles. The molecule has 0 rings (SSSR count). The lowest BCUT2D eigenvalue weighted by Crippen LogP contribution is -2.45. The molecule has 7 nitrogen and oxygen atoms in total. The van der Waals surface area contributed by atoms with E-state index >= 15 is 0 Å². The molecule has 0 bridgehead atoms. The average Bonchev–Trinajstić information content (AvgIpc) is 1.82. The molecule has 1 atom stereocenters. The first kappa shape index (κ1) is 11.8. The Labute approximate surface area is 73.7 Å². The maximum absolute atomic E-state index is 10.5. The molecule has 8 heteroatoms. The molecule has 0 heterocycles. The Morgan fingerprint density at radius 3 is 1.77 bits per heavy atom. The highest BCUT2D eigenvalue weighted by molar-refractivity contribution is 7.88. The van der Waals surface area contributed by atoms with Crippen LogP contribution in [0.15, 0.2) is 0 Å². The van der Waals surface area contributed by atoms with Gasteiger partial charge in [-0.25, -0.2) is 0 Å². The number of hydrogen-bond acceptors (Lipinski definition) is 4. The van der Waals surface area contributed by atoms with Gasteiger partial charge in [0, 0.05) is 0 Å². The minimum absolute atomic E-state index is 0.624. The third kappa shape index (κ3) is 2.39. The fraction of sp³-hybridized carbons (Fsp3) is 0.600. The molecule has 0 aliphatic heterocycles. The second-order valence-corrected chi connectivity index (χ2v) is 4.43. The summed E-state index contributed by atoms with van der Waals surface area (Å²) in [6.45, 7) is 0.624. The lowest BCUT2D eigenvalue weighted by atomic mass is 10.1. The summed E-state index contributed by atoms with van der Waals surface area (Å²) >= 11 is 0. The molecule has 0 spiro atoms. The summed E-state index contributed by atoms with van der Waals surface area (Å²) in [5.41, 5.74) is 0. The Morgan fingerprint density at radius 1 is 1.31 bits per heavy atom. The zero-order valence-electron chi connectivity index (χ0n) is 6.59. The quantitative estimate of drug-likeness (QED) is 0.519. The van der Waals surface area contributed by atoms with Crippen LogP contribution in [0.2, 0.25) is 0 Å². The topological polar surface area (TPSA) is 129 Å². The Balaban J connectivity index is 5.21. The molecule has 76 valence electrons. The Bertz CT molecular complexity index is 329. The first-order valence-electron chi connectivity index (χ1n) is 3.03. The predicted octanol–water partition coefficient (Wildman–Crippen LogP) is -0.808. The molecule has 0 amide bonds. The van der Waals surface area contributed by atoms with Gasteiger partial charge < -0.3 is 10.2 Å². The SMILES string of the molecule is CC(CC(=O)O)(C(=O)O)S(=O)(=O)O. The second-order valence-electron chi connectivity index (χ2n) is 2.58. The van der Waals surface area contributed by atoms with Gasteiger partial charge in [-0.2, -0.15) is 8.42 Å². The van der Waals surface area contributed by atoms with E-state index in [4.69, 9.17) is 14.8 Å². The van der Waals surface area contributed by atoms with Crippen molar-refractivity contribution in [3.05, 3.63) is 0 Å². The van der Waals surface area contributed by atoms with Crippen molar-refractivity contribution in [3.8, 4) is 0 Å². The molecular weight excluding hydrogens is 204 g/mol. The summed E-state index contributed by atoms with van der Waals surface area (Å²) in [5.74, 6) is -3.53. The first-order valence-corrected chi connectivity index (χ1v) is 4.47. The van der Waals surface area contributed by atoms with Crippen LogP contribution in [0, 0.1) is 0 Å². The Hall–Kier alpha value is -1.15. The minimum atomic E-state index is -4.94. The summed E-state index contributed by atoms with van der Waals surface area (Å²) in [7, 11) is -4.94. The molecule has 13 heavy (non-hydrogen) atoms. The highest BCUT2D eigenvalue weighted by Gasteiger charge is 2.47. The summed E-state index contributed by atoms with van der Waals surface area (Å²) in [5, 5.41) is 16.6. The van der Waals surface area contributed by atoms with E-state index in [-0.39, 0.29) is 0 Å². The van der Waals surface area contributed by atoms with Gasteiger partial charge in [-0.15, -0.1) is 0 Å². The Kier molecular flexibility index (Phi) is 3.01. The van der Waals surface area contributed by atoms with Crippen LogP contribution in [0.3, 0.4) is 0 Å². The highest BCUT2D eigenvalue weighted by Crippen LogP contribution is 2.20. The van der Waals surface area contributed by atoms with Crippen LogP contribution in [0.25, 0.3) is 0 Å². The average molecular weight is 212 g/mol. The van der Waals surface area contributed by atoms with Crippen LogP contribution < -0.4 is 0 Å². The van der Waals surface area contributed by atoms with Gasteiger partial charge in [0.1, 0.15) is 0 Å². The number of carboxylic acid groups (broad SMARTS) is 2. The van der Waals surface area contributed by atoms with Crippen LogP contribution in [0.4, 0.5) is 0 Å². The summed E-state index contributed by atoms with van der Waals surface area (Å²) in [6, 6.07) is 0. The van der Waals surface area contributed by atoms with E-state index in [1.807, 2.05) is 0 Å². The van der Waals surface area contributed by atoms with Crippen molar-refractivity contribution in [2.45, 2.75) is 18.1 Å². The van der Waals surface area contributed by atoms with E-state index in [9.17, 15) is 18.0 Å². The van der Waals surface area contributed by atoms with Crippen LogP contribution in [0.1, 0.15) is 13.3 Å². The van der Waals surface area contributed by atoms with Gasteiger partial charge in [-0.3, -0.25) is 14.1 Å². The van der Waals surface area contributed by atoms with Gasteiger partial charge in [-0.05, 0) is 6.92 Å². The molecule has 0 aromatic carbocycles. The molecule has 0 aromatic rings. The third-order valence-corrected chi connectivity index (χ3v) is 2.97. The molecule has 0 aliphatic carbocycles. The van der Waals surface area contributed by atoms with Gasteiger partial charge in [0.15, 0.2) is 0 Å². The van der Waals surface area contributed by atoms with E-state index in [0.29, 0.717) is 6.92 Å². The van der Waals surface area contributed by atoms with Crippen LogP contribution in [0.5, 0.6) is 0 Å². The van der Waals surface area contributed by atoms with E-state index in [2.05, 4.69) is 0 Å². The van der Waals surface area contributed by atoms with Gasteiger partial charge in [0.05, 0.1) is 6.42 Å². The number of carboxylic acids is 2. The number of rotatable bonds is 4. The van der Waals surface area contributed by atoms with Crippen molar-refractivity contribution in [3.63, 3.8) is 0 Å². The largest absolute Gasteiger partial charge is 0.481 e. The fourth-order valence-electron chi connectivity index (χ4n) is 0.566. The van der Waals surface area contributed by atoms with Crippen LogP contribution >= 0.6 is 0 Å². The van der Waals surface area contributed by atoms with Crippen molar-refractivity contribution in [1.29, 1.82) is 0 Å². The normalized spacial score (nSPS) is 16.2. The maximum Gasteiger partial charge on any atom is 0.327 e. The van der Waals surface area contributed by atoms with Crippen molar-refractivity contribution in [2.75, 3.05) is 0 Å². The maximum atomic E-state index is 10.5. The van der Waals surface area contributed by atoms with Crippen molar-refractivity contribution >= 4 is 22.1 Å². The summed E-state index contributed by atoms with van der Waals surface area (Å²) in [6.07, 6.45) is -1.19. The summed E-state index contributed by atoms with van der Waals surface area (Å²) in [4.78, 5) is 20.5. The summed E-state index contributed by atoms with van der Waals surface area (Å²) < 4.78 is 26.9. The molecule has 0 aliphatic rings. The zero-order chi connectivity index (χ0) is 10.9. The number of carbonyl (C=O) groups is 2.